The lowest BCUT2D eigenvalue weighted by Gasteiger charge is -2.46. The molecule has 1 aromatic heterocycles. The Labute approximate surface area is 226 Å². The summed E-state index contributed by atoms with van der Waals surface area (Å²) in [5.41, 5.74) is 4.29. The van der Waals surface area contributed by atoms with Gasteiger partial charge in [0.25, 0.3) is 11.5 Å². The molecule has 6 rings (SSSR count). The number of carbonyl (C=O) groups excluding carboxylic acids is 2. The number of ether oxygens (including phenoxy) is 1. The van der Waals surface area contributed by atoms with Crippen molar-refractivity contribution in [3.8, 4) is 0 Å². The number of fused-ring (bicyclic) bond motifs is 1. The number of benzene rings is 2. The molecule has 2 amide bonds. The van der Waals surface area contributed by atoms with Crippen molar-refractivity contribution in [3.63, 3.8) is 0 Å². The van der Waals surface area contributed by atoms with E-state index in [-0.39, 0.29) is 18.7 Å². The summed E-state index contributed by atoms with van der Waals surface area (Å²) in [5.74, 6) is -0.873. The summed E-state index contributed by atoms with van der Waals surface area (Å²) in [6, 6.07) is 11.7. The van der Waals surface area contributed by atoms with Crippen LogP contribution in [0.2, 0.25) is 0 Å². The van der Waals surface area contributed by atoms with E-state index in [1.807, 2.05) is 12.1 Å². The van der Waals surface area contributed by atoms with Gasteiger partial charge in [-0.25, -0.2) is 0 Å². The first-order valence-electron chi connectivity index (χ1n) is 13.5. The van der Waals surface area contributed by atoms with Crippen LogP contribution >= 0.6 is 0 Å². The number of rotatable bonds is 7. The third kappa shape index (κ3) is 5.29. The van der Waals surface area contributed by atoms with Gasteiger partial charge >= 0.3 is 0 Å². The van der Waals surface area contributed by atoms with Crippen molar-refractivity contribution in [2.75, 3.05) is 44.7 Å². The maximum atomic E-state index is 13.4. The highest BCUT2D eigenvalue weighted by Crippen LogP contribution is 2.23. The number of amides is 2. The molecule has 0 bridgehead atoms. The smallest absolute Gasteiger partial charge is 0.280 e. The van der Waals surface area contributed by atoms with Crippen LogP contribution in [0.15, 0.2) is 41.2 Å². The van der Waals surface area contributed by atoms with Gasteiger partial charge in [0.1, 0.15) is 11.6 Å². The Hall–Kier alpha value is -3.67. The molecule has 0 saturated carbocycles. The molecule has 0 spiro atoms. The van der Waals surface area contributed by atoms with Gasteiger partial charge in [0, 0.05) is 57.4 Å². The van der Waals surface area contributed by atoms with Crippen LogP contribution in [-0.2, 0) is 27.4 Å². The van der Waals surface area contributed by atoms with Crippen LogP contribution in [0.5, 0.6) is 0 Å². The van der Waals surface area contributed by atoms with E-state index in [0.29, 0.717) is 29.2 Å². The minimum Gasteiger partial charge on any atom is -0.380 e. The van der Waals surface area contributed by atoms with E-state index in [2.05, 4.69) is 55.9 Å². The normalized spacial score (nSPS) is 21.1. The number of morpholine rings is 1. The van der Waals surface area contributed by atoms with E-state index >= 15 is 0 Å². The van der Waals surface area contributed by atoms with Crippen LogP contribution in [0.4, 0.5) is 5.69 Å². The molecular formula is C28H33N7O4. The molecule has 3 aromatic rings. The Balaban J connectivity index is 1.13. The summed E-state index contributed by atoms with van der Waals surface area (Å²) in [4.78, 5) is 42.3. The average molecular weight is 532 g/mol. The van der Waals surface area contributed by atoms with E-state index < -0.39 is 17.5 Å². The molecule has 3 saturated heterocycles. The van der Waals surface area contributed by atoms with E-state index in [4.69, 9.17) is 4.74 Å². The van der Waals surface area contributed by atoms with Gasteiger partial charge in [-0.2, -0.15) is 4.68 Å². The molecule has 4 heterocycles. The minimum absolute atomic E-state index is 0.157. The van der Waals surface area contributed by atoms with E-state index in [9.17, 15) is 14.4 Å². The SMILES string of the molecule is Cc1cc(CN2CC(N3CCOCC3)C2)ccc1CNc1cccc2nnn(C3CCC(=O)NC3=O)c(=O)c12. The highest BCUT2D eigenvalue weighted by Gasteiger charge is 2.32. The zero-order valence-corrected chi connectivity index (χ0v) is 22.1. The number of hydrogen-bond acceptors (Lipinski definition) is 9. The number of likely N-dealkylation sites (tertiary alicyclic amines) is 1. The summed E-state index contributed by atoms with van der Waals surface area (Å²) >= 11 is 0. The molecule has 0 radical (unpaired) electrons. The predicted octanol–water partition coefficient (Wildman–Crippen LogP) is 1.21. The number of imide groups is 1. The standard InChI is InChI=1S/C28H33N7O4/c1-18-13-19(15-33-16-21(17-33)34-9-11-39-12-10-34)5-6-20(18)14-29-22-3-2-4-23-26(22)28(38)35(32-31-23)24-7-8-25(36)30-27(24)37/h2-6,13,21,24,29H,7-12,14-17H2,1H3,(H,30,36,37). The number of carbonyl (C=O) groups is 2. The Morgan fingerprint density at radius 2 is 1.92 bits per heavy atom. The maximum absolute atomic E-state index is 13.4. The molecule has 3 aliphatic rings. The summed E-state index contributed by atoms with van der Waals surface area (Å²) in [6.07, 6.45) is 0.376. The van der Waals surface area contributed by atoms with Crippen molar-refractivity contribution in [1.82, 2.24) is 30.1 Å². The molecular weight excluding hydrogens is 498 g/mol. The monoisotopic (exact) mass is 531 g/mol. The van der Waals surface area contributed by atoms with Crippen LogP contribution in [-0.4, -0.2) is 82.0 Å². The second-order valence-electron chi connectivity index (χ2n) is 10.6. The zero-order chi connectivity index (χ0) is 26.9. The third-order valence-corrected chi connectivity index (χ3v) is 8.00. The van der Waals surface area contributed by atoms with Crippen LogP contribution in [0.3, 0.4) is 0 Å². The van der Waals surface area contributed by atoms with Crippen molar-refractivity contribution in [1.29, 1.82) is 0 Å². The number of piperidine rings is 1. The van der Waals surface area contributed by atoms with Gasteiger partial charge in [0.15, 0.2) is 0 Å². The molecule has 3 aliphatic heterocycles. The molecule has 1 atom stereocenters. The predicted molar refractivity (Wildman–Crippen MR) is 145 cm³/mol. The second-order valence-corrected chi connectivity index (χ2v) is 10.6. The van der Waals surface area contributed by atoms with Gasteiger partial charge in [0.05, 0.1) is 18.6 Å². The van der Waals surface area contributed by atoms with Crippen molar-refractivity contribution in [3.05, 3.63) is 63.4 Å². The van der Waals surface area contributed by atoms with Crippen molar-refractivity contribution in [2.45, 2.75) is 44.9 Å². The molecule has 11 nitrogen and oxygen atoms in total. The molecule has 1 unspecified atom stereocenters. The molecule has 39 heavy (non-hydrogen) atoms. The second kappa shape index (κ2) is 10.8. The minimum atomic E-state index is -0.856. The maximum Gasteiger partial charge on any atom is 0.280 e. The number of hydrogen-bond donors (Lipinski definition) is 2. The fourth-order valence-electron chi connectivity index (χ4n) is 5.72. The topological polar surface area (TPSA) is 122 Å². The molecule has 2 N–H and O–H groups in total. The van der Waals surface area contributed by atoms with Crippen molar-refractivity contribution in [2.24, 2.45) is 0 Å². The lowest BCUT2D eigenvalue weighted by Crippen LogP contribution is -2.60. The van der Waals surface area contributed by atoms with E-state index in [1.165, 1.54) is 11.1 Å². The van der Waals surface area contributed by atoms with Gasteiger partial charge in [-0.3, -0.25) is 29.5 Å². The van der Waals surface area contributed by atoms with E-state index in [1.54, 1.807) is 6.07 Å². The Morgan fingerprint density at radius 3 is 2.69 bits per heavy atom. The molecule has 11 heteroatoms. The number of anilines is 1. The highest BCUT2D eigenvalue weighted by atomic mass is 16.5. The summed E-state index contributed by atoms with van der Waals surface area (Å²) in [6.45, 7) is 9.54. The Morgan fingerprint density at radius 1 is 1.10 bits per heavy atom. The fraction of sp³-hybridized carbons (Fsp3) is 0.464. The Bertz CT molecular complexity index is 1460. The largest absolute Gasteiger partial charge is 0.380 e. The first-order chi connectivity index (χ1) is 19.0. The van der Waals surface area contributed by atoms with Gasteiger partial charge < -0.3 is 10.1 Å². The van der Waals surface area contributed by atoms with Crippen LogP contribution in [0, 0.1) is 6.92 Å². The average Bonchev–Trinajstić information content (AvgIpc) is 2.91. The number of aryl methyl sites for hydroxylation is 1. The van der Waals surface area contributed by atoms with Crippen molar-refractivity contribution < 1.29 is 14.3 Å². The number of nitrogens with one attached hydrogen (secondary N) is 2. The summed E-state index contributed by atoms with van der Waals surface area (Å²) in [5, 5.41) is 14.2. The van der Waals surface area contributed by atoms with Crippen molar-refractivity contribution >= 4 is 28.4 Å². The van der Waals surface area contributed by atoms with Gasteiger partial charge in [-0.1, -0.05) is 29.5 Å². The van der Waals surface area contributed by atoms with E-state index in [0.717, 1.165) is 56.2 Å². The van der Waals surface area contributed by atoms with Crippen LogP contribution < -0.4 is 16.2 Å². The van der Waals surface area contributed by atoms with Gasteiger partial charge in [0.2, 0.25) is 5.91 Å². The van der Waals surface area contributed by atoms with Crippen LogP contribution in [0.1, 0.15) is 35.6 Å². The Kier molecular flexibility index (Phi) is 7.11. The zero-order valence-electron chi connectivity index (χ0n) is 22.1. The first kappa shape index (κ1) is 25.6. The lowest BCUT2D eigenvalue weighted by molar-refractivity contribution is -0.136. The molecule has 0 aliphatic carbocycles. The van der Waals surface area contributed by atoms with Crippen LogP contribution in [0.25, 0.3) is 10.9 Å². The summed E-state index contributed by atoms with van der Waals surface area (Å²) < 4.78 is 6.56. The number of aromatic nitrogens is 3. The third-order valence-electron chi connectivity index (χ3n) is 8.00. The lowest BCUT2D eigenvalue weighted by atomic mass is 10.0. The molecule has 2 aromatic carbocycles. The molecule has 3 fully saturated rings. The fourth-order valence-corrected chi connectivity index (χ4v) is 5.72. The van der Waals surface area contributed by atoms with Gasteiger partial charge in [-0.05, 0) is 42.2 Å². The van der Waals surface area contributed by atoms with Gasteiger partial charge in [-0.15, -0.1) is 5.10 Å². The number of nitrogens with zero attached hydrogens (tertiary/aromatic N) is 5. The highest BCUT2D eigenvalue weighted by molar-refractivity contribution is 5.99. The molecule has 204 valence electrons. The first-order valence-corrected chi connectivity index (χ1v) is 13.5. The summed E-state index contributed by atoms with van der Waals surface area (Å²) in [7, 11) is 0. The quantitative estimate of drug-likeness (QED) is 0.433.